The molecule has 0 aliphatic carbocycles. The second-order valence-corrected chi connectivity index (χ2v) is 13.4. The van der Waals surface area contributed by atoms with Gasteiger partial charge < -0.3 is 14.5 Å². The Kier molecular flexibility index (Phi) is 10.5. The Morgan fingerprint density at radius 2 is 1.53 bits per heavy atom. The van der Waals surface area contributed by atoms with Gasteiger partial charge in [0.1, 0.15) is 17.6 Å². The van der Waals surface area contributed by atoms with Gasteiger partial charge in [0.25, 0.3) is 0 Å². The van der Waals surface area contributed by atoms with E-state index in [1.165, 1.54) is 0 Å². The summed E-state index contributed by atoms with van der Waals surface area (Å²) in [6, 6.07) is 19.2. The fourth-order valence-corrected chi connectivity index (χ4v) is 6.36. The van der Waals surface area contributed by atoms with Crippen molar-refractivity contribution in [3.8, 4) is 5.75 Å². The molecule has 0 spiro atoms. The number of hydrogen-bond acceptors (Lipinski definition) is 6. The number of ether oxygens (including phenoxy) is 1. The Balaban J connectivity index is 1.60. The van der Waals surface area contributed by atoms with Crippen LogP contribution >= 0.6 is 23.2 Å². The van der Waals surface area contributed by atoms with Crippen molar-refractivity contribution >= 4 is 51.8 Å². The molecular formula is C33H37Cl2N5O4S. The molecule has 238 valence electrons. The molecule has 0 saturated carbocycles. The van der Waals surface area contributed by atoms with Gasteiger partial charge in [0, 0.05) is 72.3 Å². The first-order valence-electron chi connectivity index (χ1n) is 14.8. The molecule has 2 aliphatic rings. The summed E-state index contributed by atoms with van der Waals surface area (Å²) in [5.41, 5.74) is 2.39. The molecule has 12 heteroatoms. The average molecular weight is 671 g/mol. The summed E-state index contributed by atoms with van der Waals surface area (Å²) in [5.74, 6) is 0.986. The van der Waals surface area contributed by atoms with E-state index >= 15 is 0 Å². The zero-order valence-electron chi connectivity index (χ0n) is 25.8. The van der Waals surface area contributed by atoms with Crippen LogP contribution in [0.25, 0.3) is 0 Å². The predicted octanol–water partition coefficient (Wildman–Crippen LogP) is 5.50. The van der Waals surface area contributed by atoms with E-state index in [9.17, 15) is 13.8 Å². The Hall–Kier alpha value is -3.44. The van der Waals surface area contributed by atoms with Crippen LogP contribution in [0.15, 0.2) is 76.6 Å². The molecular weight excluding hydrogens is 633 g/mol. The molecule has 1 fully saturated rings. The van der Waals surface area contributed by atoms with Gasteiger partial charge in [-0.15, -0.1) is 0 Å². The summed E-state index contributed by atoms with van der Waals surface area (Å²) in [5, 5.41) is 1.19. The summed E-state index contributed by atoms with van der Waals surface area (Å²) in [6.07, 6.45) is 1.62. The predicted molar refractivity (Wildman–Crippen MR) is 179 cm³/mol. The van der Waals surface area contributed by atoms with Crippen molar-refractivity contribution in [2.45, 2.75) is 23.9 Å². The summed E-state index contributed by atoms with van der Waals surface area (Å²) >= 11 is 12.6. The number of hydrogen-bond donors (Lipinski definition) is 0. The lowest BCUT2D eigenvalue weighted by Crippen LogP contribution is -2.55. The number of amides is 3. The Morgan fingerprint density at radius 3 is 2.09 bits per heavy atom. The van der Waals surface area contributed by atoms with E-state index in [0.29, 0.717) is 71.4 Å². The third kappa shape index (κ3) is 7.35. The van der Waals surface area contributed by atoms with Crippen LogP contribution in [0.5, 0.6) is 5.75 Å². The maximum Gasteiger partial charge on any atom is 0.326 e. The monoisotopic (exact) mass is 669 g/mol. The summed E-state index contributed by atoms with van der Waals surface area (Å²) in [6.45, 7) is 4.61. The summed E-state index contributed by atoms with van der Waals surface area (Å²) in [4.78, 5) is 40.1. The quantitative estimate of drug-likeness (QED) is 0.316. The van der Waals surface area contributed by atoms with E-state index < -0.39 is 22.9 Å². The molecule has 9 nitrogen and oxygen atoms in total. The molecule has 0 radical (unpaired) electrons. The standard InChI is InChI=1S/C33H37Cl2N5O4S/c1-5-44-28-20-26(45(4)43)14-15-27(28)32-36-30(22-6-10-24(34)11-7-22)31(23-8-12-25(35)13-9-23)40(32)33(42)39-18-16-38(17-19-39)21-29(41)37(2)3/h6-15,20,30-31H,5,16-19,21H2,1-4H3. The Bertz CT molecular complexity index is 1590. The van der Waals surface area contributed by atoms with Gasteiger partial charge in [-0.1, -0.05) is 47.5 Å². The SMILES string of the molecule is CCOc1cc(S(C)=O)ccc1C1=NC(c2ccc(Cl)cc2)C(c2ccc(Cl)cc2)N1C(=O)N1CCN(CC(=O)N(C)C)CC1. The lowest BCUT2D eigenvalue weighted by Gasteiger charge is -2.39. The molecule has 5 rings (SSSR count). The molecule has 2 aliphatic heterocycles. The maximum atomic E-state index is 14.7. The Morgan fingerprint density at radius 1 is 0.933 bits per heavy atom. The number of carbonyl (C=O) groups excluding carboxylic acids is 2. The van der Waals surface area contributed by atoms with Crippen LogP contribution in [0, 0.1) is 0 Å². The third-order valence-corrected chi connectivity index (χ3v) is 9.44. The molecule has 3 aromatic carbocycles. The largest absolute Gasteiger partial charge is 0.493 e. The highest BCUT2D eigenvalue weighted by Gasteiger charge is 2.45. The minimum atomic E-state index is -1.23. The van der Waals surface area contributed by atoms with Crippen molar-refractivity contribution in [3.63, 3.8) is 0 Å². The van der Waals surface area contributed by atoms with Crippen LogP contribution in [-0.4, -0.2) is 101 Å². The topological polar surface area (TPSA) is 85.8 Å². The van der Waals surface area contributed by atoms with Crippen LogP contribution in [0.4, 0.5) is 4.79 Å². The van der Waals surface area contributed by atoms with Gasteiger partial charge in [0.05, 0.1) is 24.8 Å². The Labute approximate surface area is 276 Å². The zero-order chi connectivity index (χ0) is 32.2. The number of benzene rings is 3. The van der Waals surface area contributed by atoms with Crippen molar-refractivity contribution < 1.29 is 18.5 Å². The number of likely N-dealkylation sites (N-methyl/N-ethyl adjacent to an activating group) is 1. The van der Waals surface area contributed by atoms with Crippen molar-refractivity contribution in [2.75, 3.05) is 59.7 Å². The first-order valence-corrected chi connectivity index (χ1v) is 17.1. The van der Waals surface area contributed by atoms with Crippen LogP contribution in [0.3, 0.4) is 0 Å². The lowest BCUT2D eigenvalue weighted by molar-refractivity contribution is -0.130. The number of urea groups is 1. The van der Waals surface area contributed by atoms with Gasteiger partial charge in [-0.25, -0.2) is 4.79 Å². The number of carbonyl (C=O) groups is 2. The fourth-order valence-electron chi connectivity index (χ4n) is 5.58. The van der Waals surface area contributed by atoms with E-state index in [0.717, 1.165) is 11.1 Å². The molecule has 3 atom stereocenters. The van der Waals surface area contributed by atoms with Gasteiger partial charge in [-0.2, -0.15) is 0 Å². The van der Waals surface area contributed by atoms with Gasteiger partial charge in [-0.05, 0) is 60.5 Å². The second kappa shape index (κ2) is 14.3. The minimum Gasteiger partial charge on any atom is -0.493 e. The molecule has 3 unspecified atom stereocenters. The number of nitrogens with zero attached hydrogens (tertiary/aromatic N) is 5. The number of halogens is 2. The van der Waals surface area contributed by atoms with Crippen LogP contribution < -0.4 is 4.74 Å². The molecule has 3 aromatic rings. The van der Waals surface area contributed by atoms with Gasteiger partial charge >= 0.3 is 6.03 Å². The van der Waals surface area contributed by atoms with Crippen LogP contribution in [0.1, 0.15) is 35.7 Å². The molecule has 0 N–H and O–H groups in total. The van der Waals surface area contributed by atoms with Crippen molar-refractivity contribution in [1.82, 2.24) is 19.6 Å². The van der Waals surface area contributed by atoms with Gasteiger partial charge in [0.2, 0.25) is 5.91 Å². The van der Waals surface area contributed by atoms with Gasteiger partial charge in [0.15, 0.2) is 0 Å². The van der Waals surface area contributed by atoms with E-state index in [4.69, 9.17) is 32.9 Å². The molecule has 2 heterocycles. The van der Waals surface area contributed by atoms with Crippen molar-refractivity contribution in [1.29, 1.82) is 0 Å². The third-order valence-electron chi connectivity index (χ3n) is 8.02. The second-order valence-electron chi connectivity index (χ2n) is 11.2. The van der Waals surface area contributed by atoms with Gasteiger partial charge in [-0.3, -0.25) is 23.8 Å². The maximum absolute atomic E-state index is 14.7. The van der Waals surface area contributed by atoms with E-state index in [2.05, 4.69) is 4.90 Å². The van der Waals surface area contributed by atoms with E-state index in [1.54, 1.807) is 42.3 Å². The molecule has 0 aromatic heterocycles. The summed E-state index contributed by atoms with van der Waals surface area (Å²) < 4.78 is 18.4. The van der Waals surface area contributed by atoms with E-state index in [-0.39, 0.29) is 11.9 Å². The molecule has 45 heavy (non-hydrogen) atoms. The highest BCUT2D eigenvalue weighted by Crippen LogP contribution is 2.45. The highest BCUT2D eigenvalue weighted by molar-refractivity contribution is 7.84. The van der Waals surface area contributed by atoms with Crippen LogP contribution in [-0.2, 0) is 15.6 Å². The van der Waals surface area contributed by atoms with Crippen molar-refractivity contribution in [3.05, 3.63) is 93.5 Å². The summed E-state index contributed by atoms with van der Waals surface area (Å²) in [7, 11) is 2.26. The first-order chi connectivity index (χ1) is 21.6. The highest BCUT2D eigenvalue weighted by atomic mass is 35.5. The van der Waals surface area contributed by atoms with Crippen LogP contribution in [0.2, 0.25) is 10.0 Å². The van der Waals surface area contributed by atoms with E-state index in [1.807, 2.05) is 66.4 Å². The number of aliphatic imine (C=N–C) groups is 1. The number of rotatable bonds is 8. The fraction of sp³-hybridized carbons (Fsp3) is 0.364. The normalized spacial score (nSPS) is 19.3. The first kappa shape index (κ1) is 32.9. The molecule has 0 bridgehead atoms. The molecule has 1 saturated heterocycles. The minimum absolute atomic E-state index is 0.0252. The average Bonchev–Trinajstić information content (AvgIpc) is 3.42. The smallest absolute Gasteiger partial charge is 0.326 e. The number of piperazine rings is 1. The van der Waals surface area contributed by atoms with Crippen molar-refractivity contribution in [2.24, 2.45) is 4.99 Å². The number of amidine groups is 1. The molecule has 3 amide bonds. The zero-order valence-corrected chi connectivity index (χ0v) is 28.1. The lowest BCUT2D eigenvalue weighted by atomic mass is 9.93.